The van der Waals surface area contributed by atoms with E-state index in [-0.39, 0.29) is 0 Å². The molecule has 1 N–H and O–H groups in total. The summed E-state index contributed by atoms with van der Waals surface area (Å²) >= 11 is 0. The second-order valence-electron chi connectivity index (χ2n) is 5.63. The highest BCUT2D eigenvalue weighted by Crippen LogP contribution is 2.22. The van der Waals surface area contributed by atoms with Crippen LogP contribution in [0.3, 0.4) is 0 Å². The molecular weight excluding hydrogens is 262 g/mol. The Morgan fingerprint density at radius 2 is 1.71 bits per heavy atom. The van der Waals surface area contributed by atoms with E-state index in [1.54, 1.807) is 13.3 Å². The number of rotatable bonds is 11. The van der Waals surface area contributed by atoms with Gasteiger partial charge < -0.3 is 9.94 Å². The molecule has 1 rings (SSSR count). The number of ether oxygens (including phenoxy) is 1. The third-order valence-corrected chi connectivity index (χ3v) is 3.80. The number of hydrogen-bond acceptors (Lipinski definition) is 3. The largest absolute Gasteiger partial charge is 0.496 e. The molecule has 118 valence electrons. The van der Waals surface area contributed by atoms with E-state index in [2.05, 4.69) is 30.3 Å². The molecular formula is C18H29NO2. The lowest BCUT2D eigenvalue weighted by atomic mass is 10.0. The maximum absolute atomic E-state index is 8.28. The minimum absolute atomic E-state index is 0.893. The Hall–Kier alpha value is -1.51. The fourth-order valence-corrected chi connectivity index (χ4v) is 2.60. The molecule has 0 fully saturated rings. The minimum Gasteiger partial charge on any atom is -0.496 e. The summed E-state index contributed by atoms with van der Waals surface area (Å²) in [6, 6.07) is 6.41. The van der Waals surface area contributed by atoms with Gasteiger partial charge in [0.2, 0.25) is 0 Å². The normalized spacial score (nSPS) is 11.1. The van der Waals surface area contributed by atoms with E-state index >= 15 is 0 Å². The summed E-state index contributed by atoms with van der Waals surface area (Å²) in [4.78, 5) is 0. The summed E-state index contributed by atoms with van der Waals surface area (Å²) in [5.74, 6) is 1.02. The van der Waals surface area contributed by atoms with Crippen LogP contribution in [0.15, 0.2) is 23.4 Å². The first-order valence-electron chi connectivity index (χ1n) is 8.07. The predicted molar refractivity (Wildman–Crippen MR) is 88.6 cm³/mol. The lowest BCUT2D eigenvalue weighted by Gasteiger charge is -2.09. The number of nitrogens with zero attached hydrogens (tertiary/aromatic N) is 1. The number of benzene rings is 1. The highest BCUT2D eigenvalue weighted by Gasteiger charge is 2.02. The van der Waals surface area contributed by atoms with Crippen molar-refractivity contribution in [2.45, 2.75) is 64.7 Å². The van der Waals surface area contributed by atoms with Crippen molar-refractivity contribution < 1.29 is 9.94 Å². The second-order valence-corrected chi connectivity index (χ2v) is 5.63. The van der Waals surface area contributed by atoms with Crippen LogP contribution in [0.25, 0.3) is 0 Å². The SMILES string of the molecule is COc1ccc(C)cc1CCCCCCCCCC=NO. The van der Waals surface area contributed by atoms with Crippen LogP contribution in [0, 0.1) is 6.92 Å². The highest BCUT2D eigenvalue weighted by molar-refractivity contribution is 5.55. The smallest absolute Gasteiger partial charge is 0.122 e. The monoisotopic (exact) mass is 291 g/mol. The van der Waals surface area contributed by atoms with Crippen LogP contribution >= 0.6 is 0 Å². The Bertz CT molecular complexity index is 416. The zero-order valence-electron chi connectivity index (χ0n) is 13.5. The summed E-state index contributed by atoms with van der Waals surface area (Å²) < 4.78 is 5.41. The third kappa shape index (κ3) is 7.74. The fraction of sp³-hybridized carbons (Fsp3) is 0.611. The number of oxime groups is 1. The Morgan fingerprint density at radius 1 is 1.05 bits per heavy atom. The number of aryl methyl sites for hydroxylation is 2. The van der Waals surface area contributed by atoms with Gasteiger partial charge in [0, 0.05) is 6.21 Å². The molecule has 1 aromatic carbocycles. The Kier molecular flexibility index (Phi) is 9.34. The molecule has 0 radical (unpaired) electrons. The van der Waals surface area contributed by atoms with Gasteiger partial charge in [0.1, 0.15) is 5.75 Å². The zero-order chi connectivity index (χ0) is 15.3. The lowest BCUT2D eigenvalue weighted by Crippen LogP contribution is -1.93. The van der Waals surface area contributed by atoms with Crippen LogP contribution in [-0.4, -0.2) is 18.5 Å². The zero-order valence-corrected chi connectivity index (χ0v) is 13.5. The van der Waals surface area contributed by atoms with E-state index in [1.165, 1.54) is 49.7 Å². The summed E-state index contributed by atoms with van der Waals surface area (Å²) in [5, 5.41) is 11.3. The average molecular weight is 291 g/mol. The summed E-state index contributed by atoms with van der Waals surface area (Å²) in [6.07, 6.45) is 12.4. The molecule has 0 atom stereocenters. The molecule has 0 bridgehead atoms. The molecule has 0 aliphatic rings. The van der Waals surface area contributed by atoms with Crippen molar-refractivity contribution in [3.8, 4) is 5.75 Å². The first-order valence-corrected chi connectivity index (χ1v) is 8.07. The van der Waals surface area contributed by atoms with E-state index in [1.807, 2.05) is 0 Å². The van der Waals surface area contributed by atoms with Gasteiger partial charge in [0.15, 0.2) is 0 Å². The van der Waals surface area contributed by atoms with Crippen molar-refractivity contribution in [2.24, 2.45) is 5.16 Å². The van der Waals surface area contributed by atoms with Gasteiger partial charge in [0.05, 0.1) is 7.11 Å². The van der Waals surface area contributed by atoms with E-state index in [4.69, 9.17) is 9.94 Å². The van der Waals surface area contributed by atoms with Crippen molar-refractivity contribution in [3.63, 3.8) is 0 Å². The quantitative estimate of drug-likeness (QED) is 0.266. The van der Waals surface area contributed by atoms with Gasteiger partial charge in [-0.3, -0.25) is 0 Å². The van der Waals surface area contributed by atoms with Crippen LogP contribution in [0.4, 0.5) is 0 Å². The maximum atomic E-state index is 8.28. The molecule has 3 heteroatoms. The molecule has 0 amide bonds. The highest BCUT2D eigenvalue weighted by atomic mass is 16.5. The molecule has 1 aromatic rings. The number of unbranched alkanes of at least 4 members (excludes halogenated alkanes) is 7. The van der Waals surface area contributed by atoms with E-state index in [9.17, 15) is 0 Å². The second kappa shape index (κ2) is 11.2. The molecule has 0 aliphatic carbocycles. The first-order chi connectivity index (χ1) is 10.3. The molecule has 3 nitrogen and oxygen atoms in total. The maximum Gasteiger partial charge on any atom is 0.122 e. The van der Waals surface area contributed by atoms with E-state index in [0.717, 1.165) is 25.0 Å². The Labute approximate surface area is 129 Å². The van der Waals surface area contributed by atoms with E-state index < -0.39 is 0 Å². The van der Waals surface area contributed by atoms with Crippen LogP contribution in [-0.2, 0) is 6.42 Å². The van der Waals surface area contributed by atoms with Crippen LogP contribution in [0.5, 0.6) is 5.75 Å². The van der Waals surface area contributed by atoms with Gasteiger partial charge in [-0.2, -0.15) is 0 Å². The van der Waals surface area contributed by atoms with Crippen molar-refractivity contribution in [2.75, 3.05) is 7.11 Å². The van der Waals surface area contributed by atoms with Crippen LogP contribution < -0.4 is 4.74 Å². The van der Waals surface area contributed by atoms with Crippen LogP contribution in [0.1, 0.15) is 62.5 Å². The van der Waals surface area contributed by atoms with Gasteiger partial charge in [-0.25, -0.2) is 0 Å². The van der Waals surface area contributed by atoms with Crippen molar-refractivity contribution >= 4 is 6.21 Å². The lowest BCUT2D eigenvalue weighted by molar-refractivity contribution is 0.320. The third-order valence-electron chi connectivity index (χ3n) is 3.80. The summed E-state index contributed by atoms with van der Waals surface area (Å²) in [6.45, 7) is 2.13. The number of methoxy groups -OCH3 is 1. The minimum atomic E-state index is 0.893. The summed E-state index contributed by atoms with van der Waals surface area (Å²) in [7, 11) is 1.75. The standard InChI is InChI=1S/C18H29NO2/c1-16-12-13-18(21-2)17(15-16)11-9-7-5-3-4-6-8-10-14-19-20/h12-15,20H,3-11H2,1-2H3. The molecule has 0 unspecified atom stereocenters. The predicted octanol–water partition coefficient (Wildman–Crippen LogP) is 5.13. The topological polar surface area (TPSA) is 41.8 Å². The fourth-order valence-electron chi connectivity index (χ4n) is 2.60. The van der Waals surface area contributed by atoms with E-state index in [0.29, 0.717) is 0 Å². The van der Waals surface area contributed by atoms with Gasteiger partial charge in [0.25, 0.3) is 0 Å². The number of hydrogen-bond donors (Lipinski definition) is 1. The van der Waals surface area contributed by atoms with Crippen LogP contribution in [0.2, 0.25) is 0 Å². The molecule has 0 saturated carbocycles. The Morgan fingerprint density at radius 3 is 2.38 bits per heavy atom. The molecule has 0 spiro atoms. The average Bonchev–Trinajstić information content (AvgIpc) is 2.49. The van der Waals surface area contributed by atoms with Gasteiger partial charge in [-0.15, -0.1) is 5.16 Å². The molecule has 0 aromatic heterocycles. The Balaban J connectivity index is 2.08. The molecule has 0 heterocycles. The van der Waals surface area contributed by atoms with Gasteiger partial charge in [-0.1, -0.05) is 49.8 Å². The molecule has 21 heavy (non-hydrogen) atoms. The molecule has 0 aliphatic heterocycles. The van der Waals surface area contributed by atoms with Crippen molar-refractivity contribution in [1.82, 2.24) is 0 Å². The molecule has 0 saturated heterocycles. The van der Waals surface area contributed by atoms with Crippen molar-refractivity contribution in [3.05, 3.63) is 29.3 Å². The van der Waals surface area contributed by atoms with Crippen molar-refractivity contribution in [1.29, 1.82) is 0 Å². The first kappa shape index (κ1) is 17.5. The summed E-state index contributed by atoms with van der Waals surface area (Å²) in [5.41, 5.74) is 2.64. The van der Waals surface area contributed by atoms with Gasteiger partial charge >= 0.3 is 0 Å². The van der Waals surface area contributed by atoms with Gasteiger partial charge in [-0.05, 0) is 44.2 Å².